The molecule has 0 heterocycles. The molecule has 0 bridgehead atoms. The number of hydrogen-bond donors (Lipinski definition) is 2. The molecule has 0 spiro atoms. The predicted octanol–water partition coefficient (Wildman–Crippen LogP) is 3.93. The third kappa shape index (κ3) is 7.28. The molecular weight excluding hydrogens is 296 g/mol. The minimum atomic E-state index is -0.319. The van der Waals surface area contributed by atoms with Gasteiger partial charge in [0, 0.05) is 6.42 Å². The van der Waals surface area contributed by atoms with Crippen molar-refractivity contribution in [1.29, 1.82) is 0 Å². The molecule has 0 saturated carbocycles. The minimum absolute atomic E-state index is 0. The van der Waals surface area contributed by atoms with Crippen LogP contribution in [-0.4, -0.2) is 12.5 Å². The van der Waals surface area contributed by atoms with E-state index in [0.29, 0.717) is 6.42 Å². The van der Waals surface area contributed by atoms with Gasteiger partial charge in [0.25, 0.3) is 0 Å². The number of unbranched alkanes of at least 4 members (excludes halogenated alkanes) is 3. The Kier molecular flexibility index (Phi) is 10.1. The first-order valence-corrected chi connectivity index (χ1v) is 8.10. The van der Waals surface area contributed by atoms with E-state index >= 15 is 0 Å². The fraction of sp³-hybridized carbons (Fsp3) is 0.611. The summed E-state index contributed by atoms with van der Waals surface area (Å²) in [4.78, 5) is 12.1. The number of rotatable bonds is 9. The zero-order valence-electron chi connectivity index (χ0n) is 14.2. The summed E-state index contributed by atoms with van der Waals surface area (Å²) in [5, 5.41) is 3.14. The largest absolute Gasteiger partial charge is 0.347 e. The van der Waals surface area contributed by atoms with Gasteiger partial charge in [0.05, 0.1) is 5.54 Å². The second-order valence-electron chi connectivity index (χ2n) is 6.18. The number of amides is 1. The van der Waals surface area contributed by atoms with Gasteiger partial charge in [0.1, 0.15) is 0 Å². The van der Waals surface area contributed by atoms with Crippen LogP contribution in [0.1, 0.15) is 64.0 Å². The summed E-state index contributed by atoms with van der Waals surface area (Å²) in [7, 11) is 0. The number of aryl methyl sites for hydroxylation is 1. The summed E-state index contributed by atoms with van der Waals surface area (Å²) in [6.45, 7) is 7.00. The molecule has 0 saturated heterocycles. The minimum Gasteiger partial charge on any atom is -0.347 e. The van der Waals surface area contributed by atoms with Gasteiger partial charge in [-0.1, -0.05) is 44.0 Å². The van der Waals surface area contributed by atoms with Crippen molar-refractivity contribution in [1.82, 2.24) is 5.32 Å². The monoisotopic (exact) mass is 326 g/mol. The molecular formula is C18H31ClN2O. The number of benzene rings is 1. The van der Waals surface area contributed by atoms with E-state index in [-0.39, 0.29) is 23.9 Å². The van der Waals surface area contributed by atoms with E-state index < -0.39 is 0 Å². The van der Waals surface area contributed by atoms with E-state index in [2.05, 4.69) is 50.4 Å². The maximum atomic E-state index is 12.1. The Labute approximate surface area is 141 Å². The maximum absolute atomic E-state index is 12.1. The topological polar surface area (TPSA) is 55.1 Å². The first-order valence-electron chi connectivity index (χ1n) is 8.10. The van der Waals surface area contributed by atoms with E-state index in [9.17, 15) is 4.79 Å². The molecule has 126 valence electrons. The Hall–Kier alpha value is -1.06. The van der Waals surface area contributed by atoms with Crippen LogP contribution < -0.4 is 11.1 Å². The van der Waals surface area contributed by atoms with Crippen LogP contribution in [0, 0.1) is 0 Å². The summed E-state index contributed by atoms with van der Waals surface area (Å²) >= 11 is 0. The molecule has 3 nitrogen and oxygen atoms in total. The maximum Gasteiger partial charge on any atom is 0.220 e. The number of nitrogens with two attached hydrogens (primary N) is 1. The molecule has 0 unspecified atom stereocenters. The van der Waals surface area contributed by atoms with Crippen molar-refractivity contribution in [3.8, 4) is 0 Å². The Morgan fingerprint density at radius 2 is 1.68 bits per heavy atom. The Morgan fingerprint density at radius 3 is 2.23 bits per heavy atom. The van der Waals surface area contributed by atoms with E-state index in [1.807, 2.05) is 0 Å². The standard InChI is InChI=1S/C18H30N2O.ClH/c1-4-15-10-12-16(13-11-15)18(2,3)20-17(21)9-7-5-6-8-14-19;/h10-13H,4-9,14,19H2,1-3H3,(H,20,21);1H. The van der Waals surface area contributed by atoms with Gasteiger partial charge in [0.2, 0.25) is 5.91 Å². The fourth-order valence-electron chi connectivity index (χ4n) is 2.42. The highest BCUT2D eigenvalue weighted by molar-refractivity contribution is 5.85. The van der Waals surface area contributed by atoms with Gasteiger partial charge < -0.3 is 11.1 Å². The third-order valence-electron chi connectivity index (χ3n) is 3.89. The zero-order chi connectivity index (χ0) is 15.7. The second kappa shape index (κ2) is 10.6. The van der Waals surface area contributed by atoms with Crippen LogP contribution in [0.15, 0.2) is 24.3 Å². The lowest BCUT2D eigenvalue weighted by Gasteiger charge is -2.27. The lowest BCUT2D eigenvalue weighted by atomic mass is 9.92. The highest BCUT2D eigenvalue weighted by Crippen LogP contribution is 2.21. The first-order chi connectivity index (χ1) is 9.99. The van der Waals surface area contributed by atoms with Crippen molar-refractivity contribution in [2.75, 3.05) is 6.54 Å². The first kappa shape index (κ1) is 20.9. The molecule has 0 radical (unpaired) electrons. The van der Waals surface area contributed by atoms with Crippen LogP contribution in [0.3, 0.4) is 0 Å². The highest BCUT2D eigenvalue weighted by atomic mass is 35.5. The lowest BCUT2D eigenvalue weighted by Crippen LogP contribution is -2.40. The van der Waals surface area contributed by atoms with Crippen molar-refractivity contribution < 1.29 is 4.79 Å². The van der Waals surface area contributed by atoms with Gasteiger partial charge in [-0.25, -0.2) is 0 Å². The number of hydrogen-bond acceptors (Lipinski definition) is 2. The van der Waals surface area contributed by atoms with Gasteiger partial charge in [-0.2, -0.15) is 0 Å². The molecule has 0 fully saturated rings. The number of halogens is 1. The molecule has 1 aromatic carbocycles. The predicted molar refractivity (Wildman–Crippen MR) is 96.4 cm³/mol. The SMILES string of the molecule is CCc1ccc(C(C)(C)NC(=O)CCCCCCN)cc1.Cl. The Morgan fingerprint density at radius 1 is 1.09 bits per heavy atom. The zero-order valence-corrected chi connectivity index (χ0v) is 15.0. The molecule has 22 heavy (non-hydrogen) atoms. The molecule has 4 heteroatoms. The molecule has 1 aromatic rings. The van der Waals surface area contributed by atoms with Gasteiger partial charge >= 0.3 is 0 Å². The van der Waals surface area contributed by atoms with E-state index in [1.54, 1.807) is 0 Å². The van der Waals surface area contributed by atoms with Crippen molar-refractivity contribution >= 4 is 18.3 Å². The van der Waals surface area contributed by atoms with Crippen LogP contribution in [0.2, 0.25) is 0 Å². The second-order valence-corrected chi connectivity index (χ2v) is 6.18. The number of nitrogens with one attached hydrogen (secondary N) is 1. The molecule has 3 N–H and O–H groups in total. The van der Waals surface area contributed by atoms with Crippen LogP contribution in [0.4, 0.5) is 0 Å². The molecule has 0 aromatic heterocycles. The van der Waals surface area contributed by atoms with Gasteiger partial charge in [-0.05, 0) is 50.8 Å². The van der Waals surface area contributed by atoms with Crippen LogP contribution in [0.5, 0.6) is 0 Å². The average molecular weight is 327 g/mol. The van der Waals surface area contributed by atoms with E-state index in [0.717, 1.165) is 44.2 Å². The summed E-state index contributed by atoms with van der Waals surface area (Å²) in [5.41, 5.74) is 7.61. The molecule has 0 aliphatic carbocycles. The average Bonchev–Trinajstić information content (AvgIpc) is 2.46. The smallest absolute Gasteiger partial charge is 0.220 e. The fourth-order valence-corrected chi connectivity index (χ4v) is 2.42. The quantitative estimate of drug-likeness (QED) is 0.675. The summed E-state index contributed by atoms with van der Waals surface area (Å²) < 4.78 is 0. The Balaban J connectivity index is 0.00000441. The molecule has 0 aliphatic rings. The van der Waals surface area contributed by atoms with Crippen molar-refractivity contribution in [2.45, 2.75) is 64.8 Å². The molecule has 0 atom stereocenters. The summed E-state index contributed by atoms with van der Waals surface area (Å²) in [5.74, 6) is 0.132. The van der Waals surface area contributed by atoms with Gasteiger partial charge in [-0.15, -0.1) is 12.4 Å². The number of carbonyl (C=O) groups excluding carboxylic acids is 1. The van der Waals surface area contributed by atoms with Crippen molar-refractivity contribution in [2.24, 2.45) is 5.73 Å². The summed E-state index contributed by atoms with van der Waals surface area (Å²) in [6.07, 6.45) is 5.83. The van der Waals surface area contributed by atoms with Crippen LogP contribution >= 0.6 is 12.4 Å². The van der Waals surface area contributed by atoms with E-state index in [4.69, 9.17) is 5.73 Å². The van der Waals surface area contributed by atoms with Crippen molar-refractivity contribution in [3.63, 3.8) is 0 Å². The van der Waals surface area contributed by atoms with Crippen molar-refractivity contribution in [3.05, 3.63) is 35.4 Å². The molecule has 1 amide bonds. The highest BCUT2D eigenvalue weighted by Gasteiger charge is 2.22. The molecule has 1 rings (SSSR count). The molecule has 0 aliphatic heterocycles. The van der Waals surface area contributed by atoms with Crippen LogP contribution in [0.25, 0.3) is 0 Å². The van der Waals surface area contributed by atoms with Crippen LogP contribution in [-0.2, 0) is 16.8 Å². The third-order valence-corrected chi connectivity index (χ3v) is 3.89. The van der Waals surface area contributed by atoms with Gasteiger partial charge in [-0.3, -0.25) is 4.79 Å². The lowest BCUT2D eigenvalue weighted by molar-refractivity contribution is -0.122. The number of carbonyl (C=O) groups is 1. The van der Waals surface area contributed by atoms with Gasteiger partial charge in [0.15, 0.2) is 0 Å². The summed E-state index contributed by atoms with van der Waals surface area (Å²) in [6, 6.07) is 8.49. The Bertz CT molecular complexity index is 429. The van der Waals surface area contributed by atoms with E-state index in [1.165, 1.54) is 5.56 Å². The normalized spacial score (nSPS) is 10.9.